The molecule has 1 heterocycles. The van der Waals surface area contributed by atoms with Crippen LogP contribution in [0.15, 0.2) is 71.1 Å². The highest BCUT2D eigenvalue weighted by Crippen LogP contribution is 2.18. The molecule has 7 heteroatoms. The maximum absolute atomic E-state index is 12.6. The predicted octanol–water partition coefficient (Wildman–Crippen LogP) is 4.16. The van der Waals surface area contributed by atoms with Gasteiger partial charge in [-0.25, -0.2) is 5.43 Å². The highest BCUT2D eigenvalue weighted by Gasteiger charge is 2.14. The molecule has 2 N–H and O–H groups in total. The Kier molecular flexibility index (Phi) is 6.18. The normalized spacial score (nSPS) is 11.0. The predicted molar refractivity (Wildman–Crippen MR) is 111 cm³/mol. The van der Waals surface area contributed by atoms with Crippen molar-refractivity contribution in [1.82, 2.24) is 5.43 Å². The summed E-state index contributed by atoms with van der Waals surface area (Å²) in [6, 6.07) is 17.4. The number of nitrogens with one attached hydrogen (secondary N) is 2. The van der Waals surface area contributed by atoms with Crippen molar-refractivity contribution in [1.29, 1.82) is 0 Å². The number of hydrogen-bond acceptors (Lipinski definition) is 5. The number of hydrazone groups is 1. The number of carbonyl (C=O) groups is 2. The fourth-order valence-corrected chi connectivity index (χ4v) is 3.16. The molecule has 3 rings (SSSR count). The summed E-state index contributed by atoms with van der Waals surface area (Å²) in [5.41, 5.74) is 4.40. The van der Waals surface area contributed by atoms with Crippen molar-refractivity contribution in [3.05, 3.63) is 82.0 Å². The van der Waals surface area contributed by atoms with Gasteiger partial charge in [0.15, 0.2) is 0 Å². The molecule has 0 saturated carbocycles. The fourth-order valence-electron chi connectivity index (χ4n) is 2.48. The van der Waals surface area contributed by atoms with E-state index in [1.807, 2.05) is 24.4 Å². The number of ether oxygens (including phenoxy) is 1. The van der Waals surface area contributed by atoms with Gasteiger partial charge in [0.25, 0.3) is 11.8 Å². The molecule has 0 fully saturated rings. The van der Waals surface area contributed by atoms with Crippen molar-refractivity contribution < 1.29 is 14.3 Å². The van der Waals surface area contributed by atoms with E-state index in [1.54, 1.807) is 59.9 Å². The monoisotopic (exact) mass is 393 g/mol. The number of benzene rings is 2. The summed E-state index contributed by atoms with van der Waals surface area (Å²) in [6.45, 7) is 1.82. The molecule has 0 aliphatic heterocycles. The Morgan fingerprint density at radius 2 is 1.82 bits per heavy atom. The van der Waals surface area contributed by atoms with Crippen LogP contribution in [0.25, 0.3) is 0 Å². The SMILES string of the molecule is COc1cccc(C(=O)Nc2ccccc2C(=O)N/N=C(/C)c2cccs2)c1. The van der Waals surface area contributed by atoms with Gasteiger partial charge in [-0.1, -0.05) is 24.3 Å². The van der Waals surface area contributed by atoms with E-state index in [0.29, 0.717) is 28.3 Å². The van der Waals surface area contributed by atoms with Crippen molar-refractivity contribution in [3.63, 3.8) is 0 Å². The van der Waals surface area contributed by atoms with E-state index in [-0.39, 0.29) is 5.91 Å². The molecule has 6 nitrogen and oxygen atoms in total. The van der Waals surface area contributed by atoms with Crippen LogP contribution in [0, 0.1) is 0 Å². The van der Waals surface area contributed by atoms with Crippen LogP contribution in [0.4, 0.5) is 5.69 Å². The van der Waals surface area contributed by atoms with Crippen LogP contribution in [-0.2, 0) is 0 Å². The molecule has 0 spiro atoms. The number of anilines is 1. The lowest BCUT2D eigenvalue weighted by atomic mass is 10.1. The zero-order chi connectivity index (χ0) is 19.9. The molecule has 0 bridgehead atoms. The number of nitrogens with zero attached hydrogens (tertiary/aromatic N) is 1. The minimum absolute atomic E-state index is 0.321. The van der Waals surface area contributed by atoms with Gasteiger partial charge in [-0.3, -0.25) is 9.59 Å². The topological polar surface area (TPSA) is 79.8 Å². The molecule has 28 heavy (non-hydrogen) atoms. The summed E-state index contributed by atoms with van der Waals surface area (Å²) in [6.07, 6.45) is 0. The van der Waals surface area contributed by atoms with E-state index in [1.165, 1.54) is 7.11 Å². The van der Waals surface area contributed by atoms with Gasteiger partial charge in [-0.2, -0.15) is 5.10 Å². The molecule has 1 aromatic heterocycles. The average molecular weight is 393 g/mol. The molecule has 3 aromatic rings. The molecule has 0 unspecified atom stereocenters. The van der Waals surface area contributed by atoms with E-state index in [0.717, 1.165) is 4.88 Å². The zero-order valence-corrected chi connectivity index (χ0v) is 16.2. The fraction of sp³-hybridized carbons (Fsp3) is 0.0952. The van der Waals surface area contributed by atoms with Gasteiger partial charge in [-0.15, -0.1) is 11.3 Å². The smallest absolute Gasteiger partial charge is 0.273 e. The van der Waals surface area contributed by atoms with Gasteiger partial charge in [0.1, 0.15) is 5.75 Å². The van der Waals surface area contributed by atoms with Gasteiger partial charge in [0.05, 0.1) is 24.1 Å². The van der Waals surface area contributed by atoms with Gasteiger partial charge in [0, 0.05) is 10.4 Å². The summed E-state index contributed by atoms with van der Waals surface area (Å²) < 4.78 is 5.14. The van der Waals surface area contributed by atoms with Gasteiger partial charge in [-0.05, 0) is 48.7 Å². The second-order valence-electron chi connectivity index (χ2n) is 5.85. The minimum Gasteiger partial charge on any atom is -0.497 e. The maximum atomic E-state index is 12.6. The molecule has 0 aliphatic carbocycles. The van der Waals surface area contributed by atoms with Crippen LogP contribution in [0.2, 0.25) is 0 Å². The van der Waals surface area contributed by atoms with Crippen LogP contribution in [0.1, 0.15) is 32.5 Å². The van der Waals surface area contributed by atoms with Crippen molar-refractivity contribution in [2.45, 2.75) is 6.92 Å². The van der Waals surface area contributed by atoms with Crippen LogP contribution in [0.5, 0.6) is 5.75 Å². The van der Waals surface area contributed by atoms with E-state index < -0.39 is 5.91 Å². The average Bonchev–Trinajstić information content (AvgIpc) is 3.27. The first-order valence-electron chi connectivity index (χ1n) is 8.51. The lowest BCUT2D eigenvalue weighted by Gasteiger charge is -2.11. The third-order valence-electron chi connectivity index (χ3n) is 3.95. The number of amides is 2. The zero-order valence-electron chi connectivity index (χ0n) is 15.4. The first kappa shape index (κ1) is 19.3. The molecule has 2 amide bonds. The Hall–Kier alpha value is -3.45. The highest BCUT2D eigenvalue weighted by molar-refractivity contribution is 7.12. The molecule has 0 radical (unpaired) electrons. The summed E-state index contributed by atoms with van der Waals surface area (Å²) in [4.78, 5) is 26.1. The quantitative estimate of drug-likeness (QED) is 0.487. The Morgan fingerprint density at radius 3 is 2.57 bits per heavy atom. The summed E-state index contributed by atoms with van der Waals surface area (Å²) in [7, 11) is 1.54. The molecular weight excluding hydrogens is 374 g/mol. The van der Waals surface area contributed by atoms with Crippen LogP contribution in [-0.4, -0.2) is 24.6 Å². The highest BCUT2D eigenvalue weighted by atomic mass is 32.1. The molecule has 0 atom stereocenters. The molecule has 0 saturated heterocycles. The van der Waals surface area contributed by atoms with E-state index in [9.17, 15) is 9.59 Å². The Morgan fingerprint density at radius 1 is 1.00 bits per heavy atom. The second-order valence-corrected chi connectivity index (χ2v) is 6.79. The lowest BCUT2D eigenvalue weighted by molar-refractivity contribution is 0.0955. The second kappa shape index (κ2) is 8.96. The Bertz CT molecular complexity index is 1010. The van der Waals surface area contributed by atoms with Crippen molar-refractivity contribution in [2.75, 3.05) is 12.4 Å². The van der Waals surface area contributed by atoms with Gasteiger partial charge >= 0.3 is 0 Å². The summed E-state index contributed by atoms with van der Waals surface area (Å²) in [5, 5.41) is 8.86. The van der Waals surface area contributed by atoms with Crippen molar-refractivity contribution in [2.24, 2.45) is 5.10 Å². The first-order valence-corrected chi connectivity index (χ1v) is 9.39. The standard InChI is InChI=1S/C21H19N3O3S/c1-14(19-11-6-12-28-19)23-24-21(26)17-9-3-4-10-18(17)22-20(25)15-7-5-8-16(13-15)27-2/h3-13H,1-2H3,(H,22,25)(H,24,26)/b23-14-. The van der Waals surface area contributed by atoms with E-state index in [2.05, 4.69) is 15.8 Å². The number of para-hydroxylation sites is 1. The van der Waals surface area contributed by atoms with Crippen LogP contribution >= 0.6 is 11.3 Å². The van der Waals surface area contributed by atoms with Crippen LogP contribution in [0.3, 0.4) is 0 Å². The summed E-state index contributed by atoms with van der Waals surface area (Å²) >= 11 is 1.54. The van der Waals surface area contributed by atoms with Gasteiger partial charge < -0.3 is 10.1 Å². The molecular formula is C21H19N3O3S. The Labute approximate surface area is 166 Å². The lowest BCUT2D eigenvalue weighted by Crippen LogP contribution is -2.22. The largest absolute Gasteiger partial charge is 0.497 e. The van der Waals surface area contributed by atoms with E-state index >= 15 is 0 Å². The molecule has 2 aromatic carbocycles. The van der Waals surface area contributed by atoms with Crippen LogP contribution < -0.4 is 15.5 Å². The van der Waals surface area contributed by atoms with Crippen molar-refractivity contribution in [3.8, 4) is 5.75 Å². The maximum Gasteiger partial charge on any atom is 0.273 e. The third-order valence-corrected chi connectivity index (χ3v) is 4.93. The molecule has 142 valence electrons. The number of rotatable bonds is 6. The van der Waals surface area contributed by atoms with E-state index in [4.69, 9.17) is 4.74 Å². The van der Waals surface area contributed by atoms with Gasteiger partial charge in [0.2, 0.25) is 0 Å². The third kappa shape index (κ3) is 4.63. The minimum atomic E-state index is -0.405. The number of hydrogen-bond donors (Lipinski definition) is 2. The molecule has 0 aliphatic rings. The number of methoxy groups -OCH3 is 1. The number of thiophene rings is 1. The van der Waals surface area contributed by atoms with Crippen molar-refractivity contribution >= 4 is 34.6 Å². The number of carbonyl (C=O) groups excluding carboxylic acids is 2. The Balaban J connectivity index is 1.76. The first-order chi connectivity index (χ1) is 13.6. The summed E-state index contributed by atoms with van der Waals surface area (Å²) in [5.74, 6) is -0.160.